The van der Waals surface area contributed by atoms with E-state index in [0.717, 1.165) is 26.0 Å². The van der Waals surface area contributed by atoms with Gasteiger partial charge in [-0.2, -0.15) is 0 Å². The first-order valence-corrected chi connectivity index (χ1v) is 6.69. The molecule has 1 aromatic heterocycles. The minimum absolute atomic E-state index is 0.182. The molecule has 2 N–H and O–H groups in total. The zero-order valence-corrected chi connectivity index (χ0v) is 10.7. The fourth-order valence-electron chi connectivity index (χ4n) is 2.51. The van der Waals surface area contributed by atoms with Gasteiger partial charge in [-0.3, -0.25) is 0 Å². The summed E-state index contributed by atoms with van der Waals surface area (Å²) >= 11 is 0. The van der Waals surface area contributed by atoms with Crippen LogP contribution in [0.3, 0.4) is 0 Å². The highest BCUT2D eigenvalue weighted by Crippen LogP contribution is 2.20. The van der Waals surface area contributed by atoms with Crippen molar-refractivity contribution in [1.29, 1.82) is 0 Å². The molecule has 4 nitrogen and oxygen atoms in total. The molecule has 0 saturated carbocycles. The molecular weight excluding hydrogens is 214 g/mol. The number of imidazole rings is 1. The Morgan fingerprint density at radius 3 is 3.06 bits per heavy atom. The van der Waals surface area contributed by atoms with Crippen molar-refractivity contribution in [2.75, 3.05) is 13.2 Å². The summed E-state index contributed by atoms with van der Waals surface area (Å²) in [6.07, 6.45) is 8.05. The van der Waals surface area contributed by atoms with Crippen LogP contribution in [-0.2, 0) is 24.1 Å². The van der Waals surface area contributed by atoms with Gasteiger partial charge in [0.25, 0.3) is 0 Å². The Kier molecular flexibility index (Phi) is 4.57. The summed E-state index contributed by atoms with van der Waals surface area (Å²) in [5.74, 6) is 0. The zero-order chi connectivity index (χ0) is 12.1. The predicted octanol–water partition coefficient (Wildman–Crippen LogP) is 1.52. The smallest absolute Gasteiger partial charge is 0.0951 e. The molecule has 1 atom stereocenters. The first kappa shape index (κ1) is 12.6. The number of rotatable bonds is 6. The first-order chi connectivity index (χ1) is 8.35. The van der Waals surface area contributed by atoms with Crippen LogP contribution in [0.15, 0.2) is 6.33 Å². The number of hydrogen-bond donors (Lipinski definition) is 1. The topological polar surface area (TPSA) is 53.1 Å². The molecule has 96 valence electrons. The van der Waals surface area contributed by atoms with E-state index in [9.17, 15) is 0 Å². The third-order valence-corrected chi connectivity index (χ3v) is 3.47. The fraction of sp³-hybridized carbons (Fsp3) is 0.769. The Hall–Kier alpha value is -0.870. The van der Waals surface area contributed by atoms with Crippen LogP contribution in [0.4, 0.5) is 0 Å². The van der Waals surface area contributed by atoms with E-state index in [-0.39, 0.29) is 6.10 Å². The lowest BCUT2D eigenvalue weighted by Gasteiger charge is -2.17. The van der Waals surface area contributed by atoms with Crippen LogP contribution in [0.25, 0.3) is 0 Å². The molecule has 4 heteroatoms. The van der Waals surface area contributed by atoms with Gasteiger partial charge in [0.15, 0.2) is 0 Å². The van der Waals surface area contributed by atoms with E-state index in [0.29, 0.717) is 6.54 Å². The summed E-state index contributed by atoms with van der Waals surface area (Å²) in [6.45, 7) is 4.33. The quantitative estimate of drug-likeness (QED) is 0.816. The standard InChI is InChI=1S/C13H23N3O/c1-2-17-11(9-14)7-8-16-10-15-12-5-3-4-6-13(12)16/h10-11H,2-9,14H2,1H3. The number of ether oxygens (including phenoxy) is 1. The summed E-state index contributed by atoms with van der Waals surface area (Å²) < 4.78 is 7.86. The van der Waals surface area contributed by atoms with E-state index < -0.39 is 0 Å². The molecular formula is C13H23N3O. The van der Waals surface area contributed by atoms with E-state index in [1.165, 1.54) is 30.7 Å². The summed E-state index contributed by atoms with van der Waals surface area (Å²) in [4.78, 5) is 4.50. The Bertz CT molecular complexity index is 348. The van der Waals surface area contributed by atoms with Crippen LogP contribution in [-0.4, -0.2) is 28.8 Å². The van der Waals surface area contributed by atoms with Crippen LogP contribution in [0.2, 0.25) is 0 Å². The minimum Gasteiger partial charge on any atom is -0.377 e. The average molecular weight is 237 g/mol. The molecule has 1 unspecified atom stereocenters. The van der Waals surface area contributed by atoms with Gasteiger partial charge >= 0.3 is 0 Å². The van der Waals surface area contributed by atoms with E-state index in [4.69, 9.17) is 10.5 Å². The molecule has 0 spiro atoms. The van der Waals surface area contributed by atoms with Crippen molar-refractivity contribution in [1.82, 2.24) is 9.55 Å². The van der Waals surface area contributed by atoms with Gasteiger partial charge in [-0.25, -0.2) is 4.98 Å². The lowest BCUT2D eigenvalue weighted by atomic mass is 10.0. The van der Waals surface area contributed by atoms with Gasteiger partial charge in [-0.05, 0) is 39.0 Å². The Labute approximate surface area is 103 Å². The first-order valence-electron chi connectivity index (χ1n) is 6.69. The van der Waals surface area contributed by atoms with Crippen molar-refractivity contribution >= 4 is 0 Å². The van der Waals surface area contributed by atoms with Gasteiger partial charge in [0, 0.05) is 25.4 Å². The predicted molar refractivity (Wildman–Crippen MR) is 68.0 cm³/mol. The Morgan fingerprint density at radius 2 is 2.29 bits per heavy atom. The Morgan fingerprint density at radius 1 is 1.47 bits per heavy atom. The third-order valence-electron chi connectivity index (χ3n) is 3.47. The van der Waals surface area contributed by atoms with Crippen LogP contribution in [0, 0.1) is 0 Å². The second kappa shape index (κ2) is 6.17. The minimum atomic E-state index is 0.182. The van der Waals surface area contributed by atoms with Gasteiger partial charge in [0.1, 0.15) is 0 Å². The Balaban J connectivity index is 1.92. The van der Waals surface area contributed by atoms with Gasteiger partial charge in [-0.15, -0.1) is 0 Å². The molecule has 1 aromatic rings. The van der Waals surface area contributed by atoms with Crippen molar-refractivity contribution < 1.29 is 4.74 Å². The molecule has 0 saturated heterocycles. The summed E-state index contributed by atoms with van der Waals surface area (Å²) in [5, 5.41) is 0. The van der Waals surface area contributed by atoms with Crippen molar-refractivity contribution in [3.05, 3.63) is 17.7 Å². The van der Waals surface area contributed by atoms with Crippen LogP contribution < -0.4 is 5.73 Å². The molecule has 0 fully saturated rings. The number of fused-ring (bicyclic) bond motifs is 1. The zero-order valence-electron chi connectivity index (χ0n) is 10.7. The van der Waals surface area contributed by atoms with E-state index in [1.54, 1.807) is 0 Å². The van der Waals surface area contributed by atoms with Crippen LogP contribution in [0.1, 0.15) is 37.6 Å². The molecule has 0 bridgehead atoms. The highest BCUT2D eigenvalue weighted by molar-refractivity contribution is 5.16. The number of nitrogens with zero attached hydrogens (tertiary/aromatic N) is 2. The maximum atomic E-state index is 5.69. The van der Waals surface area contributed by atoms with Crippen LogP contribution >= 0.6 is 0 Å². The van der Waals surface area contributed by atoms with Crippen LogP contribution in [0.5, 0.6) is 0 Å². The third kappa shape index (κ3) is 3.07. The van der Waals surface area contributed by atoms with Gasteiger partial charge in [0.2, 0.25) is 0 Å². The van der Waals surface area contributed by atoms with Crippen molar-refractivity contribution in [3.63, 3.8) is 0 Å². The summed E-state index contributed by atoms with van der Waals surface area (Å²) in [5.41, 5.74) is 8.42. The largest absolute Gasteiger partial charge is 0.377 e. The molecule has 0 aliphatic heterocycles. The molecule has 1 heterocycles. The molecule has 17 heavy (non-hydrogen) atoms. The second-order valence-electron chi connectivity index (χ2n) is 4.64. The van der Waals surface area contributed by atoms with Gasteiger partial charge in [-0.1, -0.05) is 0 Å². The number of nitrogens with two attached hydrogens (primary N) is 1. The van der Waals surface area contributed by atoms with Crippen molar-refractivity contribution in [3.8, 4) is 0 Å². The lowest BCUT2D eigenvalue weighted by molar-refractivity contribution is 0.0597. The molecule has 0 aromatic carbocycles. The summed E-state index contributed by atoms with van der Waals surface area (Å²) in [6, 6.07) is 0. The molecule has 2 rings (SSSR count). The molecule has 0 amide bonds. The summed E-state index contributed by atoms with van der Waals surface area (Å²) in [7, 11) is 0. The fourth-order valence-corrected chi connectivity index (χ4v) is 2.51. The number of aromatic nitrogens is 2. The molecule has 1 aliphatic rings. The highest BCUT2D eigenvalue weighted by Gasteiger charge is 2.15. The maximum Gasteiger partial charge on any atom is 0.0951 e. The average Bonchev–Trinajstić information content (AvgIpc) is 2.78. The van der Waals surface area contributed by atoms with Gasteiger partial charge < -0.3 is 15.0 Å². The normalized spacial score (nSPS) is 16.8. The number of aryl methyl sites for hydroxylation is 2. The monoisotopic (exact) mass is 237 g/mol. The van der Waals surface area contributed by atoms with Gasteiger partial charge in [0.05, 0.1) is 18.1 Å². The number of hydrogen-bond acceptors (Lipinski definition) is 3. The lowest BCUT2D eigenvalue weighted by Crippen LogP contribution is -2.25. The van der Waals surface area contributed by atoms with Crippen molar-refractivity contribution in [2.45, 2.75) is 51.7 Å². The maximum absolute atomic E-state index is 5.69. The highest BCUT2D eigenvalue weighted by atomic mass is 16.5. The van der Waals surface area contributed by atoms with E-state index in [2.05, 4.69) is 9.55 Å². The van der Waals surface area contributed by atoms with E-state index >= 15 is 0 Å². The van der Waals surface area contributed by atoms with Crippen molar-refractivity contribution in [2.24, 2.45) is 5.73 Å². The van der Waals surface area contributed by atoms with E-state index in [1.807, 2.05) is 13.3 Å². The molecule has 1 aliphatic carbocycles. The second-order valence-corrected chi connectivity index (χ2v) is 4.64. The SMILES string of the molecule is CCOC(CN)CCn1cnc2c1CCCC2. The molecule has 0 radical (unpaired) electrons.